The van der Waals surface area contributed by atoms with Gasteiger partial charge in [0.2, 0.25) is 5.91 Å². The van der Waals surface area contributed by atoms with E-state index in [2.05, 4.69) is 6.58 Å². The molecule has 0 unspecified atom stereocenters. The fourth-order valence-corrected chi connectivity index (χ4v) is 0.980. The van der Waals surface area contributed by atoms with Crippen molar-refractivity contribution in [2.45, 2.75) is 0 Å². The normalized spacial score (nSPS) is 8.67. The van der Waals surface area contributed by atoms with Gasteiger partial charge in [-0.15, -0.1) is 6.58 Å². The zero-order chi connectivity index (χ0) is 7.28. The van der Waals surface area contributed by atoms with Gasteiger partial charge in [0.25, 0.3) is 0 Å². The van der Waals surface area contributed by atoms with Crippen molar-refractivity contribution in [3.8, 4) is 0 Å². The molecule has 2 nitrogen and oxygen atoms in total. The van der Waals surface area contributed by atoms with Crippen LogP contribution in [-0.4, -0.2) is 28.8 Å². The summed E-state index contributed by atoms with van der Waals surface area (Å²) in [5, 5.41) is 0. The maximum atomic E-state index is 10.8. The smallest absolute Gasteiger partial charge is 0.232 e. The average molecular weight is 239 g/mol. The van der Waals surface area contributed by atoms with Crippen LogP contribution in [0.5, 0.6) is 0 Å². The van der Waals surface area contributed by atoms with E-state index in [1.54, 1.807) is 18.0 Å². The topological polar surface area (TPSA) is 20.3 Å². The Bertz CT molecular complexity index is 114. The van der Waals surface area contributed by atoms with Gasteiger partial charge in [-0.05, 0) is 0 Å². The Morgan fingerprint density at radius 2 is 2.44 bits per heavy atom. The molecule has 0 radical (unpaired) electrons. The minimum absolute atomic E-state index is 0.149. The number of likely N-dealkylation sites (N-methyl/N-ethyl adjacent to an activating group) is 1. The number of hydrogen-bond acceptors (Lipinski definition) is 1. The summed E-state index contributed by atoms with van der Waals surface area (Å²) in [6.45, 7) is 4.16. The van der Waals surface area contributed by atoms with Crippen molar-refractivity contribution >= 4 is 28.5 Å². The van der Waals surface area contributed by atoms with Crippen molar-refractivity contribution in [1.82, 2.24) is 4.90 Å². The molecule has 0 spiro atoms. The van der Waals surface area contributed by atoms with E-state index < -0.39 is 0 Å². The van der Waals surface area contributed by atoms with Crippen LogP contribution in [0.2, 0.25) is 0 Å². The standard InChI is InChI=1S/C6H10INO/c1-3-4-8(2)6(9)5-7/h3H,1,4-5H2,2H3. The van der Waals surface area contributed by atoms with Gasteiger partial charge in [0.15, 0.2) is 0 Å². The van der Waals surface area contributed by atoms with Crippen molar-refractivity contribution in [2.75, 3.05) is 18.0 Å². The van der Waals surface area contributed by atoms with Gasteiger partial charge in [-0.2, -0.15) is 0 Å². The van der Waals surface area contributed by atoms with Crippen LogP contribution in [0, 0.1) is 0 Å². The zero-order valence-corrected chi connectivity index (χ0v) is 7.59. The number of carbonyl (C=O) groups is 1. The summed E-state index contributed by atoms with van der Waals surface area (Å²) in [4.78, 5) is 12.4. The summed E-state index contributed by atoms with van der Waals surface area (Å²) < 4.78 is 0.544. The van der Waals surface area contributed by atoms with Crippen LogP contribution in [0.25, 0.3) is 0 Å². The Kier molecular flexibility index (Phi) is 4.75. The van der Waals surface area contributed by atoms with Crippen LogP contribution in [0.1, 0.15) is 0 Å². The highest BCUT2D eigenvalue weighted by Gasteiger charge is 2.01. The third-order valence-corrected chi connectivity index (χ3v) is 1.60. The van der Waals surface area contributed by atoms with Gasteiger partial charge in [-0.3, -0.25) is 4.79 Å². The minimum Gasteiger partial charge on any atom is -0.341 e. The monoisotopic (exact) mass is 239 g/mol. The molecule has 0 rings (SSSR count). The van der Waals surface area contributed by atoms with Crippen LogP contribution < -0.4 is 0 Å². The summed E-state index contributed by atoms with van der Waals surface area (Å²) in [5.41, 5.74) is 0. The molecule has 3 heteroatoms. The molecule has 0 fully saturated rings. The quantitative estimate of drug-likeness (QED) is 0.409. The van der Waals surface area contributed by atoms with Gasteiger partial charge < -0.3 is 4.90 Å². The van der Waals surface area contributed by atoms with Crippen molar-refractivity contribution in [3.05, 3.63) is 12.7 Å². The molecule has 9 heavy (non-hydrogen) atoms. The first kappa shape index (κ1) is 8.94. The van der Waals surface area contributed by atoms with E-state index in [-0.39, 0.29) is 5.91 Å². The highest BCUT2D eigenvalue weighted by Crippen LogP contribution is 1.89. The maximum Gasteiger partial charge on any atom is 0.232 e. The zero-order valence-electron chi connectivity index (χ0n) is 5.43. The molecule has 0 atom stereocenters. The van der Waals surface area contributed by atoms with Crippen LogP contribution in [-0.2, 0) is 4.79 Å². The molecule has 0 bridgehead atoms. The van der Waals surface area contributed by atoms with E-state index >= 15 is 0 Å². The first-order valence-corrected chi connectivity index (χ1v) is 4.15. The number of alkyl halides is 1. The third kappa shape index (κ3) is 3.51. The Hall–Kier alpha value is -0.0600. The van der Waals surface area contributed by atoms with E-state index in [1.165, 1.54) is 0 Å². The van der Waals surface area contributed by atoms with Gasteiger partial charge in [-0.1, -0.05) is 28.7 Å². The minimum atomic E-state index is 0.149. The van der Waals surface area contributed by atoms with Gasteiger partial charge in [0.1, 0.15) is 0 Å². The predicted octanol–water partition coefficient (Wildman–Crippen LogP) is 1.07. The predicted molar refractivity (Wildman–Crippen MR) is 46.7 cm³/mol. The number of hydrogen-bond donors (Lipinski definition) is 0. The Labute approximate surface area is 69.1 Å². The number of nitrogens with zero attached hydrogens (tertiary/aromatic N) is 1. The second-order valence-corrected chi connectivity index (χ2v) is 2.46. The maximum absolute atomic E-state index is 10.8. The Morgan fingerprint density at radius 3 is 2.78 bits per heavy atom. The second-order valence-electron chi connectivity index (χ2n) is 1.70. The number of amides is 1. The second kappa shape index (κ2) is 4.78. The molecule has 0 aliphatic heterocycles. The van der Waals surface area contributed by atoms with Gasteiger partial charge in [0.05, 0.1) is 4.43 Å². The van der Waals surface area contributed by atoms with E-state index in [9.17, 15) is 4.79 Å². The summed E-state index contributed by atoms with van der Waals surface area (Å²) in [6, 6.07) is 0. The lowest BCUT2D eigenvalue weighted by atomic mass is 10.5. The first-order valence-electron chi connectivity index (χ1n) is 2.63. The third-order valence-electron chi connectivity index (χ3n) is 0.943. The molecule has 0 aliphatic carbocycles. The lowest BCUT2D eigenvalue weighted by Gasteiger charge is -2.11. The molecule has 0 saturated carbocycles. The van der Waals surface area contributed by atoms with Crippen LogP contribution >= 0.6 is 22.6 Å². The van der Waals surface area contributed by atoms with Crippen molar-refractivity contribution in [2.24, 2.45) is 0 Å². The van der Waals surface area contributed by atoms with Crippen molar-refractivity contribution in [1.29, 1.82) is 0 Å². The molecular weight excluding hydrogens is 229 g/mol. The molecule has 0 heterocycles. The lowest BCUT2D eigenvalue weighted by Crippen LogP contribution is -2.27. The van der Waals surface area contributed by atoms with Gasteiger partial charge in [0, 0.05) is 13.6 Å². The van der Waals surface area contributed by atoms with Gasteiger partial charge in [-0.25, -0.2) is 0 Å². The summed E-state index contributed by atoms with van der Waals surface area (Å²) >= 11 is 2.04. The Morgan fingerprint density at radius 1 is 1.89 bits per heavy atom. The van der Waals surface area contributed by atoms with Crippen LogP contribution in [0.15, 0.2) is 12.7 Å². The summed E-state index contributed by atoms with van der Waals surface area (Å²) in [7, 11) is 1.77. The number of carbonyl (C=O) groups excluding carboxylic acids is 1. The van der Waals surface area contributed by atoms with E-state index in [0.717, 1.165) is 0 Å². The molecule has 52 valence electrons. The molecule has 1 amide bonds. The molecule has 0 N–H and O–H groups in total. The first-order chi connectivity index (χ1) is 4.22. The van der Waals surface area contributed by atoms with E-state index in [0.29, 0.717) is 11.0 Å². The highest BCUT2D eigenvalue weighted by molar-refractivity contribution is 14.1. The molecule has 0 aromatic carbocycles. The number of halogens is 1. The SMILES string of the molecule is C=CCN(C)C(=O)CI. The fraction of sp³-hybridized carbons (Fsp3) is 0.500. The summed E-state index contributed by atoms with van der Waals surface area (Å²) in [6.07, 6.45) is 1.71. The lowest BCUT2D eigenvalue weighted by molar-refractivity contribution is -0.126. The molecule has 0 aliphatic rings. The molecular formula is C6H10INO. The average Bonchev–Trinajstić information content (AvgIpc) is 1.87. The van der Waals surface area contributed by atoms with Crippen molar-refractivity contribution in [3.63, 3.8) is 0 Å². The van der Waals surface area contributed by atoms with Crippen LogP contribution in [0.4, 0.5) is 0 Å². The van der Waals surface area contributed by atoms with Crippen LogP contribution in [0.3, 0.4) is 0 Å². The molecule has 0 aromatic rings. The molecule has 0 saturated heterocycles. The summed E-state index contributed by atoms with van der Waals surface area (Å²) in [5.74, 6) is 0.149. The largest absolute Gasteiger partial charge is 0.341 e. The van der Waals surface area contributed by atoms with Gasteiger partial charge >= 0.3 is 0 Å². The highest BCUT2D eigenvalue weighted by atomic mass is 127. The van der Waals surface area contributed by atoms with E-state index in [1.807, 2.05) is 22.6 Å². The van der Waals surface area contributed by atoms with Crippen molar-refractivity contribution < 1.29 is 4.79 Å². The number of rotatable bonds is 3. The molecule has 0 aromatic heterocycles. The Balaban J connectivity index is 3.58. The fourth-order valence-electron chi connectivity index (χ4n) is 0.397. The van der Waals surface area contributed by atoms with E-state index in [4.69, 9.17) is 0 Å².